The van der Waals surface area contributed by atoms with Crippen LogP contribution in [0.5, 0.6) is 5.75 Å². The van der Waals surface area contributed by atoms with Crippen LogP contribution < -0.4 is 4.74 Å². The minimum absolute atomic E-state index is 0.0160. The van der Waals surface area contributed by atoms with Crippen LogP contribution >= 0.6 is 0 Å². The van der Waals surface area contributed by atoms with Crippen molar-refractivity contribution in [3.63, 3.8) is 0 Å². The lowest BCUT2D eigenvalue weighted by Gasteiger charge is -2.34. The third kappa shape index (κ3) is 4.52. The van der Waals surface area contributed by atoms with Crippen molar-refractivity contribution in [1.82, 2.24) is 4.31 Å². The van der Waals surface area contributed by atoms with Crippen LogP contribution in [0.1, 0.15) is 44.0 Å². The summed E-state index contributed by atoms with van der Waals surface area (Å²) in [6, 6.07) is 4.39. The van der Waals surface area contributed by atoms with E-state index in [2.05, 4.69) is 0 Å². The van der Waals surface area contributed by atoms with Crippen molar-refractivity contribution in [2.45, 2.75) is 38.5 Å². The van der Waals surface area contributed by atoms with Crippen molar-refractivity contribution in [3.8, 4) is 5.75 Å². The second-order valence-electron chi connectivity index (χ2n) is 6.77. The zero-order chi connectivity index (χ0) is 18.6. The molecule has 1 aromatic carbocycles. The maximum absolute atomic E-state index is 13.1. The molecule has 0 bridgehead atoms. The molecule has 7 heteroatoms. The van der Waals surface area contributed by atoms with Crippen LogP contribution in [0.4, 0.5) is 0 Å². The molecule has 0 radical (unpaired) electrons. The largest absolute Gasteiger partial charge is 0.495 e. The number of nitrogens with zero attached hydrogens (tertiary/aromatic N) is 1. The molecule has 1 aromatic rings. The van der Waals surface area contributed by atoms with E-state index in [0.29, 0.717) is 38.0 Å². The van der Waals surface area contributed by atoms with Crippen LogP contribution in [0.3, 0.4) is 0 Å². The Labute approximate surface area is 150 Å². The topological polar surface area (TPSA) is 72.9 Å². The smallest absolute Gasteiger partial charge is 0.338 e. The van der Waals surface area contributed by atoms with Gasteiger partial charge in [0.25, 0.3) is 0 Å². The average molecular weight is 369 g/mol. The second-order valence-corrected chi connectivity index (χ2v) is 8.68. The highest BCUT2D eigenvalue weighted by Gasteiger charge is 2.34. The summed E-state index contributed by atoms with van der Waals surface area (Å²) in [5.41, 5.74) is 0.214. The van der Waals surface area contributed by atoms with E-state index < -0.39 is 16.0 Å². The van der Waals surface area contributed by atoms with Crippen LogP contribution in [-0.4, -0.2) is 45.5 Å². The lowest BCUT2D eigenvalue weighted by molar-refractivity contribution is 0.0504. The Balaban J connectivity index is 2.39. The van der Waals surface area contributed by atoms with Gasteiger partial charge in [0.2, 0.25) is 10.0 Å². The van der Waals surface area contributed by atoms with Gasteiger partial charge in [0.15, 0.2) is 0 Å². The fourth-order valence-electron chi connectivity index (χ4n) is 3.22. The van der Waals surface area contributed by atoms with Crippen molar-refractivity contribution in [3.05, 3.63) is 23.8 Å². The third-order valence-electron chi connectivity index (χ3n) is 4.29. The molecule has 140 valence electrons. The van der Waals surface area contributed by atoms with E-state index in [1.54, 1.807) is 0 Å². The lowest BCUT2D eigenvalue weighted by Crippen LogP contribution is -2.42. The molecule has 1 fully saturated rings. The number of carbonyl (C=O) groups is 1. The first-order valence-electron chi connectivity index (χ1n) is 8.64. The van der Waals surface area contributed by atoms with Crippen molar-refractivity contribution in [1.29, 1.82) is 0 Å². The van der Waals surface area contributed by atoms with Crippen LogP contribution in [-0.2, 0) is 14.8 Å². The molecule has 1 heterocycles. The normalized spacial score (nSPS) is 21.8. The molecule has 2 unspecified atom stereocenters. The van der Waals surface area contributed by atoms with Gasteiger partial charge < -0.3 is 9.47 Å². The predicted molar refractivity (Wildman–Crippen MR) is 95.3 cm³/mol. The molecule has 2 atom stereocenters. The summed E-state index contributed by atoms with van der Waals surface area (Å²) in [6.45, 7) is 7.24. The van der Waals surface area contributed by atoms with Crippen LogP contribution in [0, 0.1) is 11.8 Å². The number of carbonyl (C=O) groups excluding carboxylic acids is 1. The lowest BCUT2D eigenvalue weighted by atomic mass is 9.94. The van der Waals surface area contributed by atoms with Gasteiger partial charge in [-0.05, 0) is 42.9 Å². The molecule has 0 amide bonds. The highest BCUT2D eigenvalue weighted by atomic mass is 32.2. The molecule has 0 saturated carbocycles. The molecule has 25 heavy (non-hydrogen) atoms. The van der Waals surface area contributed by atoms with Crippen molar-refractivity contribution in [2.75, 3.05) is 26.8 Å². The van der Waals surface area contributed by atoms with Gasteiger partial charge in [0.1, 0.15) is 10.6 Å². The van der Waals surface area contributed by atoms with Gasteiger partial charge in [-0.2, -0.15) is 4.31 Å². The molecule has 1 aliphatic heterocycles. The van der Waals surface area contributed by atoms with E-state index in [0.717, 1.165) is 6.42 Å². The maximum atomic E-state index is 13.1. The van der Waals surface area contributed by atoms with Gasteiger partial charge in [0.05, 0.1) is 19.3 Å². The number of piperidine rings is 1. The monoisotopic (exact) mass is 369 g/mol. The minimum Gasteiger partial charge on any atom is -0.495 e. The molecule has 0 aliphatic carbocycles. The SMILES string of the molecule is CCCOC(=O)c1ccc(OC)c(S(=O)(=O)N2CC(C)CC(C)C2)c1. The molecular formula is C18H27NO5S. The Kier molecular flexibility index (Phi) is 6.46. The van der Waals surface area contributed by atoms with Crippen molar-refractivity contribution < 1.29 is 22.7 Å². The Morgan fingerprint density at radius 3 is 2.44 bits per heavy atom. The van der Waals surface area contributed by atoms with E-state index >= 15 is 0 Å². The number of sulfonamides is 1. The summed E-state index contributed by atoms with van der Waals surface area (Å²) in [5.74, 6) is 0.295. The second kappa shape index (κ2) is 8.19. The Morgan fingerprint density at radius 1 is 1.24 bits per heavy atom. The number of esters is 1. The number of hydrogen-bond acceptors (Lipinski definition) is 5. The summed E-state index contributed by atoms with van der Waals surface area (Å²) in [4.78, 5) is 12.1. The summed E-state index contributed by atoms with van der Waals surface area (Å²) >= 11 is 0. The number of benzene rings is 1. The van der Waals surface area contributed by atoms with E-state index in [-0.39, 0.29) is 16.2 Å². The molecule has 2 rings (SSSR count). The first kappa shape index (κ1) is 19.7. The third-order valence-corrected chi connectivity index (χ3v) is 6.14. The predicted octanol–water partition coefficient (Wildman–Crippen LogP) is 2.93. The summed E-state index contributed by atoms with van der Waals surface area (Å²) in [5, 5.41) is 0. The van der Waals surface area contributed by atoms with Gasteiger partial charge in [0, 0.05) is 13.1 Å². The van der Waals surface area contributed by atoms with Gasteiger partial charge in [-0.3, -0.25) is 0 Å². The fourth-order valence-corrected chi connectivity index (χ4v) is 5.09. The highest BCUT2D eigenvalue weighted by molar-refractivity contribution is 7.89. The standard InChI is InChI=1S/C18H27NO5S/c1-5-8-24-18(20)15-6-7-16(23-4)17(10-15)25(21,22)19-11-13(2)9-14(3)12-19/h6-7,10,13-14H,5,8-9,11-12H2,1-4H3. The van der Waals surface area contributed by atoms with Gasteiger partial charge in [-0.25, -0.2) is 13.2 Å². The number of ether oxygens (including phenoxy) is 2. The minimum atomic E-state index is -3.75. The van der Waals surface area contributed by atoms with Crippen LogP contribution in [0.25, 0.3) is 0 Å². The van der Waals surface area contributed by atoms with Crippen molar-refractivity contribution in [2.24, 2.45) is 11.8 Å². The van der Waals surface area contributed by atoms with Gasteiger partial charge in [-0.15, -0.1) is 0 Å². The van der Waals surface area contributed by atoms with Gasteiger partial charge in [-0.1, -0.05) is 20.8 Å². The Morgan fingerprint density at radius 2 is 1.88 bits per heavy atom. The zero-order valence-electron chi connectivity index (χ0n) is 15.3. The van der Waals surface area contributed by atoms with E-state index in [1.807, 2.05) is 20.8 Å². The van der Waals surface area contributed by atoms with Crippen LogP contribution in [0.15, 0.2) is 23.1 Å². The molecule has 1 saturated heterocycles. The molecule has 1 aliphatic rings. The quantitative estimate of drug-likeness (QED) is 0.721. The number of hydrogen-bond donors (Lipinski definition) is 0. The maximum Gasteiger partial charge on any atom is 0.338 e. The number of methoxy groups -OCH3 is 1. The Bertz CT molecular complexity index is 706. The zero-order valence-corrected chi connectivity index (χ0v) is 16.1. The highest BCUT2D eigenvalue weighted by Crippen LogP contribution is 2.32. The van der Waals surface area contributed by atoms with E-state index in [9.17, 15) is 13.2 Å². The van der Waals surface area contributed by atoms with Crippen LogP contribution in [0.2, 0.25) is 0 Å². The van der Waals surface area contributed by atoms with E-state index in [1.165, 1.54) is 29.6 Å². The first-order valence-corrected chi connectivity index (χ1v) is 10.1. The molecule has 0 spiro atoms. The molecule has 0 N–H and O–H groups in total. The summed E-state index contributed by atoms with van der Waals surface area (Å²) in [7, 11) is -2.33. The average Bonchev–Trinajstić information content (AvgIpc) is 2.58. The van der Waals surface area contributed by atoms with Gasteiger partial charge >= 0.3 is 5.97 Å². The van der Waals surface area contributed by atoms with E-state index in [4.69, 9.17) is 9.47 Å². The molecule has 6 nitrogen and oxygen atoms in total. The fraction of sp³-hybridized carbons (Fsp3) is 0.611. The molecule has 0 aromatic heterocycles. The first-order chi connectivity index (χ1) is 11.8. The van der Waals surface area contributed by atoms with Crippen molar-refractivity contribution >= 4 is 16.0 Å². The summed E-state index contributed by atoms with van der Waals surface area (Å²) in [6.07, 6.45) is 1.71. The summed E-state index contributed by atoms with van der Waals surface area (Å²) < 4.78 is 38.1. The number of rotatable bonds is 6. The molecular weight excluding hydrogens is 342 g/mol. The Hall–Kier alpha value is -1.60.